The molecule has 0 unspecified atom stereocenters. The van der Waals surface area contributed by atoms with Gasteiger partial charge in [-0.3, -0.25) is 4.79 Å². The zero-order chi connectivity index (χ0) is 40.6. The summed E-state index contributed by atoms with van der Waals surface area (Å²) in [4.78, 5) is 18.1. The van der Waals surface area contributed by atoms with Crippen LogP contribution in [0, 0.1) is 0 Å². The summed E-state index contributed by atoms with van der Waals surface area (Å²) in [6.07, 6.45) is 38.2. The van der Waals surface area contributed by atoms with E-state index in [2.05, 4.69) is 30.2 Å². The van der Waals surface area contributed by atoms with Crippen LogP contribution in [0.5, 0.6) is 0 Å². The van der Waals surface area contributed by atoms with Crippen molar-refractivity contribution in [3.63, 3.8) is 0 Å². The number of allylic oxidation sites excluding steroid dienone is 3. The summed E-state index contributed by atoms with van der Waals surface area (Å²) in [5.41, 5.74) is 14.0. The van der Waals surface area contributed by atoms with Crippen LogP contribution < -0.4 is 23.2 Å². The lowest BCUT2D eigenvalue weighted by Crippen LogP contribution is -2.33. The van der Waals surface area contributed by atoms with Gasteiger partial charge in [-0.1, -0.05) is 123 Å². The lowest BCUT2D eigenvalue weighted by Gasteiger charge is -2.25. The fourth-order valence-corrected chi connectivity index (χ4v) is 7.49. The molecule has 0 spiro atoms. The molecule has 55 heavy (non-hydrogen) atoms. The molecule has 324 valence electrons. The molecule has 9 heteroatoms. The first-order chi connectivity index (χ1) is 26.9. The first-order valence-corrected chi connectivity index (χ1v) is 23.3. The first-order valence-electron chi connectivity index (χ1n) is 23.3. The van der Waals surface area contributed by atoms with Crippen molar-refractivity contribution < 1.29 is 4.79 Å². The fraction of sp³-hybridized carbons (Fsp3) is 0.848. The molecule has 9 nitrogen and oxygen atoms in total. The largest absolute Gasteiger partial charge is 0.403 e. The predicted molar refractivity (Wildman–Crippen MR) is 241 cm³/mol. The highest BCUT2D eigenvalue weighted by molar-refractivity contribution is 5.78. The Balaban J connectivity index is 0.00000938. The Labute approximate surface area is 342 Å². The summed E-state index contributed by atoms with van der Waals surface area (Å²) in [5.74, 6) is 13.1. The molecule has 0 aromatic rings. The van der Waals surface area contributed by atoms with Crippen molar-refractivity contribution in [3.05, 3.63) is 36.4 Å². The normalized spacial score (nSPS) is 13.6. The van der Waals surface area contributed by atoms with Gasteiger partial charge in [0.05, 0.1) is 0 Å². The second-order valence-corrected chi connectivity index (χ2v) is 16.1. The molecule has 0 aromatic carbocycles. The quantitative estimate of drug-likeness (QED) is 0.0209. The number of Topliss-reactive ketones (excluding diaryl/α,β-unsaturated/α-hetero) is 1. The van der Waals surface area contributed by atoms with Gasteiger partial charge in [0, 0.05) is 56.3 Å². The third-order valence-corrected chi connectivity index (χ3v) is 11.0. The van der Waals surface area contributed by atoms with Crippen molar-refractivity contribution in [2.75, 3.05) is 52.4 Å². The highest BCUT2D eigenvalue weighted by atomic mass is 16.1. The number of hydrogen-bond acceptors (Lipinski definition) is 9. The summed E-state index contributed by atoms with van der Waals surface area (Å²) in [6, 6.07) is 0. The first kappa shape index (κ1) is 52.9. The molecular weight excluding hydrogens is 681 g/mol. The topological polar surface area (TPSA) is 134 Å². The molecular formula is C46H94N8O. The number of carbonyl (C=O) groups is 1. The van der Waals surface area contributed by atoms with Crippen LogP contribution in [0.15, 0.2) is 36.4 Å². The van der Waals surface area contributed by atoms with E-state index in [0.29, 0.717) is 18.6 Å². The van der Waals surface area contributed by atoms with Crippen molar-refractivity contribution in [2.45, 2.75) is 201 Å². The van der Waals surface area contributed by atoms with Crippen molar-refractivity contribution in [1.29, 1.82) is 0 Å². The predicted octanol–water partition coefficient (Wildman–Crippen LogP) is 10.3. The maximum absolute atomic E-state index is 13.0. The Morgan fingerprint density at radius 1 is 0.545 bits per heavy atom. The zero-order valence-electron chi connectivity index (χ0n) is 36.9. The number of hydrogen-bond donors (Lipinski definition) is 4. The Kier molecular flexibility index (Phi) is 38.6. The molecule has 8 N–H and O–H groups in total. The minimum absolute atomic E-state index is 0.340. The Morgan fingerprint density at radius 3 is 1.40 bits per heavy atom. The molecule has 1 saturated heterocycles. The molecule has 0 aliphatic carbocycles. The van der Waals surface area contributed by atoms with Crippen molar-refractivity contribution in [3.8, 4) is 0 Å². The van der Waals surface area contributed by atoms with Crippen LogP contribution in [0.2, 0.25) is 0 Å². The molecule has 0 amide bonds. The Morgan fingerprint density at radius 2 is 0.945 bits per heavy atom. The number of hydrazine groups is 2. The molecule has 0 atom stereocenters. The van der Waals surface area contributed by atoms with Crippen molar-refractivity contribution in [1.82, 2.24) is 19.8 Å². The average Bonchev–Trinajstić information content (AvgIpc) is 3.71. The second kappa shape index (κ2) is 40.1. The summed E-state index contributed by atoms with van der Waals surface area (Å²) in [7, 11) is 0. The third-order valence-electron chi connectivity index (χ3n) is 11.0. The lowest BCUT2D eigenvalue weighted by atomic mass is 10.1. The SMILES string of the molecule is C=CC.CCCCCCCCCCCN(N)/C(=C\N)CCCCN(CCCN1CCCC1)CCC(=O)CCC/C(=C/N)N(N)CCCCCCCCCCC. The van der Waals surface area contributed by atoms with Gasteiger partial charge < -0.3 is 31.3 Å². The molecule has 1 fully saturated rings. The van der Waals surface area contributed by atoms with Crippen LogP contribution in [-0.4, -0.2) is 78.0 Å². The van der Waals surface area contributed by atoms with Crippen molar-refractivity contribution >= 4 is 5.78 Å². The van der Waals surface area contributed by atoms with Gasteiger partial charge in [-0.15, -0.1) is 6.58 Å². The minimum Gasteiger partial charge on any atom is -0.403 e. The van der Waals surface area contributed by atoms with E-state index in [1.54, 1.807) is 23.5 Å². The van der Waals surface area contributed by atoms with Gasteiger partial charge in [0.25, 0.3) is 0 Å². The molecule has 1 heterocycles. The van der Waals surface area contributed by atoms with Gasteiger partial charge >= 0.3 is 0 Å². The molecule has 1 aliphatic heterocycles. The van der Waals surface area contributed by atoms with E-state index in [0.717, 1.165) is 102 Å². The van der Waals surface area contributed by atoms with Crippen LogP contribution in [0.25, 0.3) is 0 Å². The second-order valence-electron chi connectivity index (χ2n) is 16.1. The molecule has 0 saturated carbocycles. The molecule has 1 rings (SSSR count). The van der Waals surface area contributed by atoms with Gasteiger partial charge in [-0.2, -0.15) is 0 Å². The standard InChI is InChI=1S/C43H88N8O.C3H6/c1-3-5-7-9-11-13-15-17-20-36-50(46)41(39-44)27-19-22-31-49(35-26-34-48-32-23-24-33-48)38-30-43(52)29-25-28-42(40-45)51(47)37-21-18-16-14-12-10-8-6-4-2;1-3-2/h39-40H,3-38,44-47H2,1-2H3;3H,1H2,2H3/b41-39-,42-40-;. The van der Waals surface area contributed by atoms with E-state index >= 15 is 0 Å². The van der Waals surface area contributed by atoms with Gasteiger partial charge in [0.15, 0.2) is 0 Å². The van der Waals surface area contributed by atoms with Crippen molar-refractivity contribution in [2.24, 2.45) is 23.2 Å². The van der Waals surface area contributed by atoms with Crippen LogP contribution in [0.3, 0.4) is 0 Å². The number of unbranched alkanes of at least 4 members (excludes halogenated alkanes) is 17. The third kappa shape index (κ3) is 32.7. The highest BCUT2D eigenvalue weighted by Crippen LogP contribution is 2.16. The average molecular weight is 775 g/mol. The number of ketones is 1. The smallest absolute Gasteiger partial charge is 0.134 e. The summed E-state index contributed by atoms with van der Waals surface area (Å²) >= 11 is 0. The fourth-order valence-electron chi connectivity index (χ4n) is 7.49. The van der Waals surface area contributed by atoms with E-state index in [4.69, 9.17) is 23.2 Å². The number of carbonyl (C=O) groups excluding carboxylic acids is 1. The number of rotatable bonds is 38. The van der Waals surface area contributed by atoms with E-state index in [9.17, 15) is 4.79 Å². The van der Waals surface area contributed by atoms with Crippen LogP contribution in [-0.2, 0) is 4.79 Å². The van der Waals surface area contributed by atoms with Gasteiger partial charge in [0.2, 0.25) is 0 Å². The number of likely N-dealkylation sites (tertiary alicyclic amines) is 1. The summed E-state index contributed by atoms with van der Waals surface area (Å²) < 4.78 is 0. The number of nitrogens with zero attached hydrogens (tertiary/aromatic N) is 4. The van der Waals surface area contributed by atoms with E-state index in [1.165, 1.54) is 129 Å². The summed E-state index contributed by atoms with van der Waals surface area (Å²) in [5, 5.41) is 3.68. The molecule has 1 aliphatic rings. The summed E-state index contributed by atoms with van der Waals surface area (Å²) in [6.45, 7) is 18.0. The molecule has 0 radical (unpaired) electrons. The maximum Gasteiger partial charge on any atom is 0.134 e. The van der Waals surface area contributed by atoms with Gasteiger partial charge in [0.1, 0.15) is 5.78 Å². The molecule has 0 bridgehead atoms. The number of nitrogens with two attached hydrogens (primary N) is 4. The van der Waals surface area contributed by atoms with Gasteiger partial charge in [-0.25, -0.2) is 11.7 Å². The van der Waals surface area contributed by atoms with Crippen LogP contribution >= 0.6 is 0 Å². The van der Waals surface area contributed by atoms with Crippen LogP contribution in [0.1, 0.15) is 201 Å². The van der Waals surface area contributed by atoms with E-state index in [-0.39, 0.29) is 0 Å². The Bertz CT molecular complexity index is 920. The minimum atomic E-state index is 0.340. The zero-order valence-corrected chi connectivity index (χ0v) is 36.9. The monoisotopic (exact) mass is 775 g/mol. The maximum atomic E-state index is 13.0. The van der Waals surface area contributed by atoms with Gasteiger partial charge in [-0.05, 0) is 104 Å². The van der Waals surface area contributed by atoms with Crippen LogP contribution in [0.4, 0.5) is 0 Å². The Hall–Kier alpha value is -2.07. The van der Waals surface area contributed by atoms with E-state index < -0.39 is 0 Å². The molecule has 0 aromatic heterocycles. The van der Waals surface area contributed by atoms with E-state index in [1.807, 2.05) is 11.9 Å². The lowest BCUT2D eigenvalue weighted by molar-refractivity contribution is -0.119. The highest BCUT2D eigenvalue weighted by Gasteiger charge is 2.14.